The van der Waals surface area contributed by atoms with Gasteiger partial charge in [0.2, 0.25) is 0 Å². The van der Waals surface area contributed by atoms with E-state index in [-0.39, 0.29) is 5.91 Å². The van der Waals surface area contributed by atoms with Crippen LogP contribution in [0.25, 0.3) is 22.2 Å². The average molecular weight is 498 g/mol. The van der Waals surface area contributed by atoms with Crippen molar-refractivity contribution in [1.29, 1.82) is 0 Å². The van der Waals surface area contributed by atoms with Gasteiger partial charge >= 0.3 is 0 Å². The third kappa shape index (κ3) is 4.49. The largest absolute Gasteiger partial charge is 0.368 e. The molecule has 5 nitrogen and oxygen atoms in total. The van der Waals surface area contributed by atoms with E-state index in [4.69, 9.17) is 39.8 Å². The number of halogens is 3. The molecule has 2 aromatic heterocycles. The maximum Gasteiger partial charge on any atom is 0.254 e. The molecule has 1 saturated heterocycles. The molecular weight excluding hydrogens is 479 g/mol. The highest BCUT2D eigenvalue weighted by Gasteiger charge is 2.25. The van der Waals surface area contributed by atoms with Crippen molar-refractivity contribution in [3.05, 3.63) is 87.6 Å². The van der Waals surface area contributed by atoms with Crippen LogP contribution in [-0.4, -0.2) is 47.0 Å². The molecule has 5 rings (SSSR count). The van der Waals surface area contributed by atoms with E-state index >= 15 is 0 Å². The molecule has 33 heavy (non-hydrogen) atoms. The molecule has 0 bridgehead atoms. The van der Waals surface area contributed by atoms with Gasteiger partial charge in [-0.15, -0.1) is 0 Å². The van der Waals surface area contributed by atoms with Gasteiger partial charge in [-0.3, -0.25) is 9.78 Å². The van der Waals surface area contributed by atoms with Crippen LogP contribution in [0.1, 0.15) is 10.4 Å². The smallest absolute Gasteiger partial charge is 0.254 e. The van der Waals surface area contributed by atoms with E-state index in [0.717, 1.165) is 22.2 Å². The number of carbonyl (C=O) groups is 1. The van der Waals surface area contributed by atoms with Crippen molar-refractivity contribution in [3.63, 3.8) is 0 Å². The number of aromatic nitrogens is 2. The molecule has 0 spiro atoms. The fourth-order valence-corrected chi connectivity index (χ4v) is 4.52. The first-order valence-corrected chi connectivity index (χ1v) is 11.6. The minimum absolute atomic E-state index is 0.0383. The summed E-state index contributed by atoms with van der Waals surface area (Å²) in [5, 5.41) is 2.36. The van der Waals surface area contributed by atoms with Crippen molar-refractivity contribution < 1.29 is 4.79 Å². The lowest BCUT2D eigenvalue weighted by Gasteiger charge is -2.36. The first-order valence-electron chi connectivity index (χ1n) is 10.5. The number of rotatable bonds is 3. The van der Waals surface area contributed by atoms with E-state index in [1.54, 1.807) is 30.6 Å². The Bertz CT molecular complexity index is 1340. The van der Waals surface area contributed by atoms with Gasteiger partial charge in [0.1, 0.15) is 0 Å². The highest BCUT2D eigenvalue weighted by atomic mass is 35.5. The van der Waals surface area contributed by atoms with E-state index in [9.17, 15) is 4.79 Å². The summed E-state index contributed by atoms with van der Waals surface area (Å²) < 4.78 is 0. The maximum atomic E-state index is 13.6. The van der Waals surface area contributed by atoms with Crippen molar-refractivity contribution in [2.45, 2.75) is 0 Å². The molecule has 4 aromatic rings. The number of amides is 1. The van der Waals surface area contributed by atoms with E-state index in [0.29, 0.717) is 52.5 Å². The molecular formula is C25H19Cl3N4O. The molecule has 0 N–H and O–H groups in total. The molecule has 1 aliphatic heterocycles. The summed E-state index contributed by atoms with van der Waals surface area (Å²) in [5.41, 5.74) is 3.86. The lowest BCUT2D eigenvalue weighted by Crippen LogP contribution is -2.48. The summed E-state index contributed by atoms with van der Waals surface area (Å²) in [6.07, 6.45) is 3.46. The molecule has 0 saturated carbocycles. The summed E-state index contributed by atoms with van der Waals surface area (Å²) in [6, 6.07) is 16.7. The summed E-state index contributed by atoms with van der Waals surface area (Å²) >= 11 is 18.5. The Labute approximate surface area is 206 Å². The monoisotopic (exact) mass is 496 g/mol. The second-order valence-corrected chi connectivity index (χ2v) is 9.09. The first kappa shape index (κ1) is 22.0. The van der Waals surface area contributed by atoms with E-state index < -0.39 is 0 Å². The van der Waals surface area contributed by atoms with Crippen LogP contribution in [0.2, 0.25) is 15.1 Å². The molecule has 0 aliphatic carbocycles. The van der Waals surface area contributed by atoms with Crippen LogP contribution in [0, 0.1) is 0 Å². The maximum absolute atomic E-state index is 13.6. The number of benzene rings is 2. The van der Waals surface area contributed by atoms with Crippen LogP contribution < -0.4 is 4.90 Å². The number of hydrogen-bond acceptors (Lipinski definition) is 4. The van der Waals surface area contributed by atoms with Crippen molar-refractivity contribution in [1.82, 2.24) is 14.9 Å². The molecule has 0 unspecified atom stereocenters. The molecule has 1 aliphatic rings. The van der Waals surface area contributed by atoms with Crippen LogP contribution in [0.5, 0.6) is 0 Å². The lowest BCUT2D eigenvalue weighted by atomic mass is 10.0. The third-order valence-electron chi connectivity index (χ3n) is 5.79. The zero-order chi connectivity index (χ0) is 22.9. The molecule has 1 amide bonds. The number of piperazine rings is 1. The third-order valence-corrected chi connectivity index (χ3v) is 6.77. The van der Waals surface area contributed by atoms with E-state index in [1.807, 2.05) is 41.3 Å². The van der Waals surface area contributed by atoms with Crippen LogP contribution in [0.4, 0.5) is 5.69 Å². The Balaban J connectivity index is 1.44. The number of fused-ring (bicyclic) bond motifs is 1. The summed E-state index contributed by atoms with van der Waals surface area (Å²) in [6.45, 7) is 2.57. The van der Waals surface area contributed by atoms with E-state index in [2.05, 4.69) is 9.88 Å². The summed E-state index contributed by atoms with van der Waals surface area (Å²) in [7, 11) is 0. The minimum Gasteiger partial charge on any atom is -0.368 e. The van der Waals surface area contributed by atoms with Crippen LogP contribution >= 0.6 is 34.8 Å². The summed E-state index contributed by atoms with van der Waals surface area (Å²) in [5.74, 6) is -0.0383. The number of pyridine rings is 2. The van der Waals surface area contributed by atoms with E-state index in [1.165, 1.54) is 0 Å². The number of hydrogen-bond donors (Lipinski definition) is 0. The summed E-state index contributed by atoms with van der Waals surface area (Å²) in [4.78, 5) is 26.6. The highest BCUT2D eigenvalue weighted by molar-refractivity contribution is 6.42. The molecule has 2 aromatic carbocycles. The Morgan fingerprint density at radius 3 is 2.42 bits per heavy atom. The highest BCUT2D eigenvalue weighted by Crippen LogP contribution is 2.30. The number of nitrogens with zero attached hydrogens (tertiary/aromatic N) is 4. The molecule has 0 atom stereocenters. The van der Waals surface area contributed by atoms with Crippen LogP contribution in [0.15, 0.2) is 67.0 Å². The standard InChI is InChI=1S/C25H19Cl3N4O/c26-17-3-6-23-19(12-17)20(14-24(30-23)16-2-1-7-29-15-16)25(33)32-10-8-31(9-11-32)18-4-5-21(27)22(28)13-18/h1-7,12-15H,8-11H2. The second-order valence-electron chi connectivity index (χ2n) is 7.84. The normalized spacial score (nSPS) is 14.0. The lowest BCUT2D eigenvalue weighted by molar-refractivity contribution is 0.0748. The van der Waals surface area contributed by atoms with Gasteiger partial charge in [-0.1, -0.05) is 34.8 Å². The van der Waals surface area contributed by atoms with Gasteiger partial charge in [-0.25, -0.2) is 4.98 Å². The van der Waals surface area contributed by atoms with Crippen molar-refractivity contribution >= 4 is 57.3 Å². The Morgan fingerprint density at radius 2 is 1.70 bits per heavy atom. The Morgan fingerprint density at radius 1 is 0.879 bits per heavy atom. The van der Waals surface area contributed by atoms with Gasteiger partial charge in [0, 0.05) is 60.2 Å². The van der Waals surface area contributed by atoms with Gasteiger partial charge in [0.15, 0.2) is 0 Å². The molecule has 1 fully saturated rings. The van der Waals surface area contributed by atoms with Gasteiger partial charge in [-0.05, 0) is 54.6 Å². The van der Waals surface area contributed by atoms with Crippen molar-refractivity contribution in [2.75, 3.05) is 31.1 Å². The van der Waals surface area contributed by atoms with Gasteiger partial charge < -0.3 is 9.80 Å². The van der Waals surface area contributed by atoms with Crippen molar-refractivity contribution in [2.24, 2.45) is 0 Å². The Hall–Kier alpha value is -2.86. The predicted octanol–water partition coefficient (Wildman–Crippen LogP) is 6.22. The fraction of sp³-hybridized carbons (Fsp3) is 0.160. The predicted molar refractivity (Wildman–Crippen MR) is 135 cm³/mol. The SMILES string of the molecule is O=C(c1cc(-c2cccnc2)nc2ccc(Cl)cc12)N1CCN(c2ccc(Cl)c(Cl)c2)CC1. The average Bonchev–Trinajstić information content (AvgIpc) is 2.85. The zero-order valence-corrected chi connectivity index (χ0v) is 19.8. The molecule has 3 heterocycles. The topological polar surface area (TPSA) is 49.3 Å². The Kier molecular flexibility index (Phi) is 6.11. The number of carbonyl (C=O) groups excluding carboxylic acids is 1. The molecule has 8 heteroatoms. The van der Waals surface area contributed by atoms with Gasteiger partial charge in [0.25, 0.3) is 5.91 Å². The fourth-order valence-electron chi connectivity index (χ4n) is 4.06. The minimum atomic E-state index is -0.0383. The molecule has 0 radical (unpaired) electrons. The van der Waals surface area contributed by atoms with Crippen LogP contribution in [0.3, 0.4) is 0 Å². The second kappa shape index (κ2) is 9.18. The van der Waals surface area contributed by atoms with Gasteiger partial charge in [0.05, 0.1) is 26.8 Å². The quantitative estimate of drug-likeness (QED) is 0.337. The number of anilines is 1. The van der Waals surface area contributed by atoms with Crippen LogP contribution in [-0.2, 0) is 0 Å². The van der Waals surface area contributed by atoms with Crippen molar-refractivity contribution in [3.8, 4) is 11.3 Å². The van der Waals surface area contributed by atoms with Gasteiger partial charge in [-0.2, -0.15) is 0 Å². The molecule has 166 valence electrons. The zero-order valence-electron chi connectivity index (χ0n) is 17.5. The first-order chi connectivity index (χ1) is 16.0.